The maximum atomic E-state index is 12.1. The minimum absolute atomic E-state index is 0.270. The Morgan fingerprint density at radius 1 is 0.938 bits per heavy atom. The van der Waals surface area contributed by atoms with Crippen molar-refractivity contribution in [1.29, 1.82) is 0 Å². The lowest BCUT2D eigenvalue weighted by molar-refractivity contribution is -0.138. The first-order valence-corrected chi connectivity index (χ1v) is 11.0. The van der Waals surface area contributed by atoms with Gasteiger partial charge in [-0.1, -0.05) is 76.8 Å². The number of hydrogen-bond donors (Lipinski definition) is 1. The van der Waals surface area contributed by atoms with Crippen molar-refractivity contribution in [2.45, 2.75) is 26.2 Å². The predicted octanol–water partition coefficient (Wildman–Crippen LogP) is 6.87. The average molecular weight is 465 g/mol. The molecular weight excluding hydrogens is 443 g/mol. The van der Waals surface area contributed by atoms with Gasteiger partial charge in [-0.05, 0) is 49.7 Å². The molecule has 4 aromatic rings. The van der Waals surface area contributed by atoms with Crippen molar-refractivity contribution in [3.05, 3.63) is 105 Å². The Labute approximate surface area is 197 Å². The van der Waals surface area contributed by atoms with E-state index in [4.69, 9.17) is 28.3 Å². The Hall–Kier alpha value is -3.08. The molecule has 1 aromatic heterocycles. The Balaban J connectivity index is 1.80. The molecule has 0 saturated carbocycles. The van der Waals surface area contributed by atoms with Gasteiger partial charge in [0.1, 0.15) is 0 Å². The van der Waals surface area contributed by atoms with Gasteiger partial charge in [0.2, 0.25) is 0 Å². The molecule has 6 heteroatoms. The summed E-state index contributed by atoms with van der Waals surface area (Å²) in [7, 11) is 0. The summed E-state index contributed by atoms with van der Waals surface area (Å²) in [5, 5.41) is 15.6. The smallest absolute Gasteiger partial charge is 0.311 e. The van der Waals surface area contributed by atoms with Gasteiger partial charge >= 0.3 is 5.97 Å². The molecule has 0 aliphatic heterocycles. The molecule has 1 heterocycles. The Morgan fingerprint density at radius 2 is 1.69 bits per heavy atom. The standard InChI is InChI=1S/C26H22Cl2N2O2/c1-16-6-9-21(10-7-16)30-25(19-8-11-23(27)24(28)13-19)15-20(29-30)14-22(26(31)32)18-5-3-4-17(2)12-18/h3-13,15,22H,14H2,1-2H3,(H,31,32). The fraction of sp³-hybridized carbons (Fsp3) is 0.154. The molecule has 4 nitrogen and oxygen atoms in total. The van der Waals surface area contributed by atoms with Gasteiger partial charge in [0, 0.05) is 12.0 Å². The van der Waals surface area contributed by atoms with Crippen LogP contribution >= 0.6 is 23.2 Å². The van der Waals surface area contributed by atoms with Crippen LogP contribution in [0.4, 0.5) is 0 Å². The summed E-state index contributed by atoms with van der Waals surface area (Å²) in [6, 6.07) is 23.0. The van der Waals surface area contributed by atoms with Crippen molar-refractivity contribution in [1.82, 2.24) is 9.78 Å². The van der Waals surface area contributed by atoms with E-state index in [9.17, 15) is 9.90 Å². The summed E-state index contributed by atoms with van der Waals surface area (Å²) >= 11 is 12.4. The number of halogens is 2. The fourth-order valence-electron chi connectivity index (χ4n) is 3.72. The second-order valence-electron chi connectivity index (χ2n) is 7.91. The number of aliphatic carboxylic acids is 1. The molecule has 0 aliphatic carbocycles. The quantitative estimate of drug-likeness (QED) is 0.338. The topological polar surface area (TPSA) is 55.1 Å². The van der Waals surface area contributed by atoms with Crippen LogP contribution in [-0.4, -0.2) is 20.9 Å². The number of aromatic nitrogens is 2. The van der Waals surface area contributed by atoms with E-state index in [1.165, 1.54) is 0 Å². The molecule has 0 radical (unpaired) electrons. The zero-order chi connectivity index (χ0) is 22.8. The molecule has 0 bridgehead atoms. The van der Waals surface area contributed by atoms with E-state index < -0.39 is 11.9 Å². The summed E-state index contributed by atoms with van der Waals surface area (Å²) in [5.41, 5.74) is 6.15. The number of benzene rings is 3. The maximum Gasteiger partial charge on any atom is 0.311 e. The SMILES string of the molecule is Cc1ccc(-n2nc(CC(C(=O)O)c3cccc(C)c3)cc2-c2ccc(Cl)c(Cl)c2)cc1. The zero-order valence-electron chi connectivity index (χ0n) is 17.7. The molecule has 162 valence electrons. The third-order valence-corrected chi connectivity index (χ3v) is 6.15. The van der Waals surface area contributed by atoms with Crippen molar-refractivity contribution in [2.75, 3.05) is 0 Å². The van der Waals surface area contributed by atoms with Crippen LogP contribution in [0.3, 0.4) is 0 Å². The highest BCUT2D eigenvalue weighted by Crippen LogP contribution is 2.32. The van der Waals surface area contributed by atoms with E-state index in [2.05, 4.69) is 0 Å². The number of carbonyl (C=O) groups is 1. The molecule has 0 spiro atoms. The molecule has 4 rings (SSSR count). The molecule has 0 saturated heterocycles. The molecule has 1 atom stereocenters. The molecule has 32 heavy (non-hydrogen) atoms. The van der Waals surface area contributed by atoms with Gasteiger partial charge in [-0.3, -0.25) is 4.79 Å². The highest BCUT2D eigenvalue weighted by atomic mass is 35.5. The first-order valence-electron chi connectivity index (χ1n) is 10.2. The number of carboxylic acids is 1. The van der Waals surface area contributed by atoms with Crippen molar-refractivity contribution in [3.8, 4) is 16.9 Å². The van der Waals surface area contributed by atoms with Crippen LogP contribution < -0.4 is 0 Å². The number of nitrogens with zero attached hydrogens (tertiary/aromatic N) is 2. The van der Waals surface area contributed by atoms with Gasteiger partial charge in [-0.15, -0.1) is 0 Å². The number of carboxylic acid groups (broad SMARTS) is 1. The van der Waals surface area contributed by atoms with Crippen LogP contribution in [0.5, 0.6) is 0 Å². The summed E-state index contributed by atoms with van der Waals surface area (Å²) in [6.45, 7) is 3.98. The van der Waals surface area contributed by atoms with Gasteiger partial charge in [-0.25, -0.2) is 4.68 Å². The first kappa shape index (κ1) is 22.1. The Bertz CT molecular complexity index is 1280. The Morgan fingerprint density at radius 3 is 2.34 bits per heavy atom. The number of hydrogen-bond acceptors (Lipinski definition) is 2. The molecule has 1 unspecified atom stereocenters. The van der Waals surface area contributed by atoms with E-state index in [1.54, 1.807) is 12.1 Å². The van der Waals surface area contributed by atoms with Crippen LogP contribution in [0.25, 0.3) is 16.9 Å². The van der Waals surface area contributed by atoms with E-state index in [0.717, 1.165) is 33.6 Å². The molecule has 0 amide bonds. The monoisotopic (exact) mass is 464 g/mol. The van der Waals surface area contributed by atoms with E-state index in [1.807, 2.05) is 79.2 Å². The van der Waals surface area contributed by atoms with E-state index in [-0.39, 0.29) is 6.42 Å². The van der Waals surface area contributed by atoms with Crippen LogP contribution in [0.2, 0.25) is 10.0 Å². The van der Waals surface area contributed by atoms with Crippen LogP contribution in [0.15, 0.2) is 72.8 Å². The summed E-state index contributed by atoms with van der Waals surface area (Å²) in [4.78, 5) is 12.1. The third kappa shape index (κ3) is 4.72. The number of aryl methyl sites for hydroxylation is 2. The van der Waals surface area contributed by atoms with Gasteiger partial charge < -0.3 is 5.11 Å². The minimum atomic E-state index is -0.878. The zero-order valence-corrected chi connectivity index (χ0v) is 19.2. The maximum absolute atomic E-state index is 12.1. The largest absolute Gasteiger partial charge is 0.481 e. The molecule has 3 aromatic carbocycles. The highest BCUT2D eigenvalue weighted by molar-refractivity contribution is 6.42. The van der Waals surface area contributed by atoms with Crippen molar-refractivity contribution in [3.63, 3.8) is 0 Å². The molecular formula is C26H22Cl2N2O2. The third-order valence-electron chi connectivity index (χ3n) is 5.41. The molecule has 0 fully saturated rings. The van der Waals surface area contributed by atoms with E-state index in [0.29, 0.717) is 15.7 Å². The summed E-state index contributed by atoms with van der Waals surface area (Å²) < 4.78 is 1.82. The highest BCUT2D eigenvalue weighted by Gasteiger charge is 2.23. The lowest BCUT2D eigenvalue weighted by atomic mass is 9.93. The first-order chi connectivity index (χ1) is 15.3. The predicted molar refractivity (Wildman–Crippen MR) is 129 cm³/mol. The number of rotatable bonds is 6. The second kappa shape index (κ2) is 9.19. The average Bonchev–Trinajstić information content (AvgIpc) is 3.18. The minimum Gasteiger partial charge on any atom is -0.481 e. The van der Waals surface area contributed by atoms with E-state index >= 15 is 0 Å². The van der Waals surface area contributed by atoms with Crippen LogP contribution in [-0.2, 0) is 11.2 Å². The molecule has 0 aliphatic rings. The van der Waals surface area contributed by atoms with Gasteiger partial charge in [0.05, 0.1) is 33.0 Å². The van der Waals surface area contributed by atoms with Gasteiger partial charge in [0.15, 0.2) is 0 Å². The summed E-state index contributed by atoms with van der Waals surface area (Å²) in [5.74, 6) is -1.57. The van der Waals surface area contributed by atoms with Crippen LogP contribution in [0, 0.1) is 13.8 Å². The Kier molecular flexibility index (Phi) is 6.35. The lowest BCUT2D eigenvalue weighted by Gasteiger charge is -2.12. The van der Waals surface area contributed by atoms with Gasteiger partial charge in [0.25, 0.3) is 0 Å². The van der Waals surface area contributed by atoms with Crippen molar-refractivity contribution >= 4 is 29.2 Å². The lowest BCUT2D eigenvalue weighted by Crippen LogP contribution is -2.15. The summed E-state index contributed by atoms with van der Waals surface area (Å²) in [6.07, 6.45) is 0.270. The van der Waals surface area contributed by atoms with Crippen molar-refractivity contribution < 1.29 is 9.90 Å². The van der Waals surface area contributed by atoms with Gasteiger partial charge in [-0.2, -0.15) is 5.10 Å². The fourth-order valence-corrected chi connectivity index (χ4v) is 4.02. The molecule has 1 N–H and O–H groups in total. The second-order valence-corrected chi connectivity index (χ2v) is 8.72. The van der Waals surface area contributed by atoms with Crippen LogP contribution in [0.1, 0.15) is 28.3 Å². The van der Waals surface area contributed by atoms with Crippen molar-refractivity contribution in [2.24, 2.45) is 0 Å². The normalized spacial score (nSPS) is 12.0.